The Hall–Kier alpha value is -0.930. The van der Waals surface area contributed by atoms with Gasteiger partial charge in [-0.05, 0) is 43.6 Å². The maximum absolute atomic E-state index is 6.11. The lowest BCUT2D eigenvalue weighted by Gasteiger charge is -2.20. The van der Waals surface area contributed by atoms with Gasteiger partial charge < -0.3 is 10.6 Å². The lowest BCUT2D eigenvalue weighted by Crippen LogP contribution is -2.29. The van der Waals surface area contributed by atoms with E-state index < -0.39 is 0 Å². The normalized spacial score (nSPS) is 19.8. The first-order valence-corrected chi connectivity index (χ1v) is 5.24. The van der Waals surface area contributed by atoms with E-state index in [0.717, 1.165) is 6.54 Å². The quantitative estimate of drug-likeness (QED) is 0.780. The van der Waals surface area contributed by atoms with E-state index in [2.05, 4.69) is 9.88 Å². The van der Waals surface area contributed by atoms with Gasteiger partial charge in [-0.15, -0.1) is 0 Å². The molecule has 1 aromatic rings. The van der Waals surface area contributed by atoms with Gasteiger partial charge in [0.05, 0.1) is 0 Å². The first kappa shape index (κ1) is 9.62. The predicted octanol–water partition coefficient (Wildman–Crippen LogP) is 1.18. The Balaban J connectivity index is 1.92. The first-order valence-electron chi connectivity index (χ1n) is 5.24. The standard InChI is InChI=1S/C11H17N3/c12-11(9-14-7-1-2-8-14)10-3-5-13-6-4-10/h3-6,11H,1-2,7-9,12H2. The fraction of sp³-hybridized carbons (Fsp3) is 0.545. The summed E-state index contributed by atoms with van der Waals surface area (Å²) in [4.78, 5) is 6.43. The maximum Gasteiger partial charge on any atom is 0.0425 e. The van der Waals surface area contributed by atoms with E-state index >= 15 is 0 Å². The SMILES string of the molecule is NC(CN1CCCC1)c1ccncc1. The van der Waals surface area contributed by atoms with Crippen LogP contribution >= 0.6 is 0 Å². The first-order chi connectivity index (χ1) is 6.86. The molecule has 2 heterocycles. The van der Waals surface area contributed by atoms with Crippen LogP contribution in [0.15, 0.2) is 24.5 Å². The Morgan fingerprint density at radius 2 is 1.93 bits per heavy atom. The van der Waals surface area contributed by atoms with Gasteiger partial charge in [0, 0.05) is 25.0 Å². The highest BCUT2D eigenvalue weighted by Crippen LogP contribution is 2.14. The number of rotatable bonds is 3. The third kappa shape index (κ3) is 2.30. The highest BCUT2D eigenvalue weighted by molar-refractivity contribution is 5.14. The van der Waals surface area contributed by atoms with Crippen LogP contribution in [-0.4, -0.2) is 29.5 Å². The van der Waals surface area contributed by atoms with Crippen molar-refractivity contribution in [1.29, 1.82) is 0 Å². The van der Waals surface area contributed by atoms with Crippen molar-refractivity contribution in [3.05, 3.63) is 30.1 Å². The van der Waals surface area contributed by atoms with Gasteiger partial charge in [-0.25, -0.2) is 0 Å². The smallest absolute Gasteiger partial charge is 0.0425 e. The Morgan fingerprint density at radius 1 is 1.29 bits per heavy atom. The number of hydrogen-bond donors (Lipinski definition) is 1. The Bertz CT molecular complexity index is 267. The topological polar surface area (TPSA) is 42.1 Å². The van der Waals surface area contributed by atoms with Gasteiger partial charge in [0.2, 0.25) is 0 Å². The summed E-state index contributed by atoms with van der Waals surface area (Å²) in [5.74, 6) is 0. The molecule has 1 atom stereocenters. The van der Waals surface area contributed by atoms with Crippen LogP contribution in [0.4, 0.5) is 0 Å². The average Bonchev–Trinajstić information content (AvgIpc) is 2.72. The molecule has 0 saturated carbocycles. The summed E-state index contributed by atoms with van der Waals surface area (Å²) < 4.78 is 0. The van der Waals surface area contributed by atoms with Gasteiger partial charge in [-0.2, -0.15) is 0 Å². The van der Waals surface area contributed by atoms with Crippen molar-refractivity contribution < 1.29 is 0 Å². The summed E-state index contributed by atoms with van der Waals surface area (Å²) in [7, 11) is 0. The van der Waals surface area contributed by atoms with Crippen LogP contribution in [0.1, 0.15) is 24.4 Å². The monoisotopic (exact) mass is 191 g/mol. The molecule has 1 aliphatic rings. The number of aromatic nitrogens is 1. The summed E-state index contributed by atoms with van der Waals surface area (Å²) in [6, 6.07) is 4.14. The van der Waals surface area contributed by atoms with Crippen LogP contribution in [-0.2, 0) is 0 Å². The number of nitrogens with two attached hydrogens (primary N) is 1. The van der Waals surface area contributed by atoms with Crippen molar-refractivity contribution in [2.45, 2.75) is 18.9 Å². The van der Waals surface area contributed by atoms with Gasteiger partial charge in [-0.3, -0.25) is 4.98 Å². The average molecular weight is 191 g/mol. The predicted molar refractivity (Wildman–Crippen MR) is 56.8 cm³/mol. The van der Waals surface area contributed by atoms with Crippen molar-refractivity contribution in [2.24, 2.45) is 5.73 Å². The van der Waals surface area contributed by atoms with Gasteiger partial charge in [0.25, 0.3) is 0 Å². The van der Waals surface area contributed by atoms with Gasteiger partial charge in [0.15, 0.2) is 0 Å². The minimum absolute atomic E-state index is 0.135. The molecule has 0 aliphatic carbocycles. The summed E-state index contributed by atoms with van der Waals surface area (Å²) in [5, 5.41) is 0. The fourth-order valence-corrected chi connectivity index (χ4v) is 1.96. The molecular formula is C11H17N3. The summed E-state index contributed by atoms with van der Waals surface area (Å²) >= 11 is 0. The summed E-state index contributed by atoms with van der Waals surface area (Å²) in [5.41, 5.74) is 7.29. The van der Waals surface area contributed by atoms with Crippen molar-refractivity contribution in [2.75, 3.05) is 19.6 Å². The lowest BCUT2D eigenvalue weighted by molar-refractivity contribution is 0.316. The molecule has 2 N–H and O–H groups in total. The maximum atomic E-state index is 6.11. The Morgan fingerprint density at radius 3 is 2.57 bits per heavy atom. The zero-order chi connectivity index (χ0) is 9.80. The molecular weight excluding hydrogens is 174 g/mol. The molecule has 76 valence electrons. The van der Waals surface area contributed by atoms with Crippen LogP contribution in [0.2, 0.25) is 0 Å². The molecule has 0 bridgehead atoms. The fourth-order valence-electron chi connectivity index (χ4n) is 1.96. The molecule has 1 unspecified atom stereocenters. The zero-order valence-corrected chi connectivity index (χ0v) is 8.39. The van der Waals surface area contributed by atoms with E-state index in [9.17, 15) is 0 Å². The van der Waals surface area contributed by atoms with E-state index in [4.69, 9.17) is 5.73 Å². The molecule has 1 fully saturated rings. The summed E-state index contributed by atoms with van der Waals surface area (Å²) in [6.45, 7) is 3.39. The third-order valence-electron chi connectivity index (χ3n) is 2.79. The van der Waals surface area contributed by atoms with Crippen LogP contribution in [0, 0.1) is 0 Å². The molecule has 1 saturated heterocycles. The number of likely N-dealkylation sites (tertiary alicyclic amines) is 1. The van der Waals surface area contributed by atoms with E-state index in [-0.39, 0.29) is 6.04 Å². The van der Waals surface area contributed by atoms with Crippen molar-refractivity contribution >= 4 is 0 Å². The van der Waals surface area contributed by atoms with Gasteiger partial charge in [-0.1, -0.05) is 0 Å². The highest BCUT2D eigenvalue weighted by Gasteiger charge is 2.15. The van der Waals surface area contributed by atoms with Crippen molar-refractivity contribution in [3.8, 4) is 0 Å². The van der Waals surface area contributed by atoms with Crippen molar-refractivity contribution in [1.82, 2.24) is 9.88 Å². The number of pyridine rings is 1. The molecule has 0 amide bonds. The molecule has 1 aliphatic heterocycles. The lowest BCUT2D eigenvalue weighted by atomic mass is 10.1. The Labute approximate surface area is 84.9 Å². The molecule has 0 aromatic carbocycles. The second kappa shape index (κ2) is 4.53. The molecule has 14 heavy (non-hydrogen) atoms. The molecule has 1 aromatic heterocycles. The van der Waals surface area contributed by atoms with Gasteiger partial charge >= 0.3 is 0 Å². The minimum Gasteiger partial charge on any atom is -0.323 e. The minimum atomic E-state index is 0.135. The number of hydrogen-bond acceptors (Lipinski definition) is 3. The third-order valence-corrected chi connectivity index (χ3v) is 2.79. The summed E-state index contributed by atoms with van der Waals surface area (Å²) in [6.07, 6.45) is 6.25. The van der Waals surface area contributed by atoms with Crippen LogP contribution in [0.3, 0.4) is 0 Å². The zero-order valence-electron chi connectivity index (χ0n) is 8.39. The van der Waals surface area contributed by atoms with E-state index in [1.165, 1.54) is 31.5 Å². The Kier molecular flexibility index (Phi) is 3.11. The van der Waals surface area contributed by atoms with Crippen LogP contribution < -0.4 is 5.73 Å². The number of nitrogens with zero attached hydrogens (tertiary/aromatic N) is 2. The molecule has 3 nitrogen and oxygen atoms in total. The highest BCUT2D eigenvalue weighted by atomic mass is 15.1. The van der Waals surface area contributed by atoms with E-state index in [1.54, 1.807) is 12.4 Å². The second-order valence-corrected chi connectivity index (χ2v) is 3.89. The molecule has 0 radical (unpaired) electrons. The van der Waals surface area contributed by atoms with Crippen LogP contribution in [0.25, 0.3) is 0 Å². The second-order valence-electron chi connectivity index (χ2n) is 3.89. The van der Waals surface area contributed by atoms with Crippen LogP contribution in [0.5, 0.6) is 0 Å². The van der Waals surface area contributed by atoms with Gasteiger partial charge in [0.1, 0.15) is 0 Å². The molecule has 3 heteroatoms. The largest absolute Gasteiger partial charge is 0.323 e. The molecule has 2 rings (SSSR count). The molecule has 0 spiro atoms. The van der Waals surface area contributed by atoms with E-state index in [0.29, 0.717) is 0 Å². The van der Waals surface area contributed by atoms with Crippen molar-refractivity contribution in [3.63, 3.8) is 0 Å². The van der Waals surface area contributed by atoms with E-state index in [1.807, 2.05) is 12.1 Å².